The third-order valence-electron chi connectivity index (χ3n) is 3.21. The first-order chi connectivity index (χ1) is 7.53. The molecule has 2 unspecified atom stereocenters. The van der Waals surface area contributed by atoms with Crippen molar-refractivity contribution in [2.45, 2.75) is 8.65 Å². The Balaban J connectivity index is 2.37. The molecule has 0 fully saturated rings. The Bertz CT molecular complexity index is 515. The molecule has 0 aliphatic heterocycles. The number of carbonyl (C=O) groups is 2. The van der Waals surface area contributed by atoms with E-state index < -0.39 is 8.65 Å². The Labute approximate surface area is 109 Å². The van der Waals surface area contributed by atoms with Crippen molar-refractivity contribution < 1.29 is 9.59 Å². The van der Waals surface area contributed by atoms with E-state index in [-0.39, 0.29) is 11.6 Å². The Morgan fingerprint density at radius 3 is 1.56 bits per heavy atom. The highest BCUT2D eigenvalue weighted by molar-refractivity contribution is 9.13. The number of halogens is 2. The van der Waals surface area contributed by atoms with Crippen LogP contribution in [-0.2, 0) is 18.2 Å². The summed E-state index contributed by atoms with van der Waals surface area (Å²) in [5.74, 6) is -0.189. The summed E-state index contributed by atoms with van der Waals surface area (Å²) in [6.45, 7) is 0. The second-order valence-corrected chi connectivity index (χ2v) is 6.30. The summed E-state index contributed by atoms with van der Waals surface area (Å²) in [6, 6.07) is 7.47. The molecular weight excluding hydrogens is 336 g/mol. The number of fused-ring (bicyclic) bond motifs is 4. The lowest BCUT2D eigenvalue weighted by Crippen LogP contribution is -2.60. The zero-order valence-corrected chi connectivity index (χ0v) is 11.2. The summed E-state index contributed by atoms with van der Waals surface area (Å²) >= 11 is 6.87. The van der Waals surface area contributed by atoms with Crippen molar-refractivity contribution in [3.63, 3.8) is 0 Å². The van der Waals surface area contributed by atoms with Gasteiger partial charge in [-0.2, -0.15) is 0 Å². The molecule has 4 heteroatoms. The van der Waals surface area contributed by atoms with Crippen molar-refractivity contribution in [2.24, 2.45) is 0 Å². The summed E-state index contributed by atoms with van der Waals surface area (Å²) in [7, 11) is 0. The van der Waals surface area contributed by atoms with E-state index in [1.807, 2.05) is 24.3 Å². The van der Waals surface area contributed by atoms with Gasteiger partial charge in [-0.15, -0.1) is 0 Å². The number of carbonyl (C=O) groups excluding carboxylic acids is 2. The van der Waals surface area contributed by atoms with E-state index in [1.54, 1.807) is 0 Å². The Morgan fingerprint density at radius 2 is 1.19 bits per heavy atom. The van der Waals surface area contributed by atoms with Gasteiger partial charge in [0.05, 0.1) is 0 Å². The lowest BCUT2D eigenvalue weighted by atomic mass is 9.62. The van der Waals surface area contributed by atoms with Gasteiger partial charge in [-0.1, -0.05) is 56.1 Å². The van der Waals surface area contributed by atoms with Crippen LogP contribution in [0.3, 0.4) is 0 Å². The summed E-state index contributed by atoms with van der Waals surface area (Å²) in [5, 5.41) is 0. The quantitative estimate of drug-likeness (QED) is 0.680. The summed E-state index contributed by atoms with van der Waals surface area (Å²) in [6.07, 6.45) is 2.68. The molecule has 0 amide bonds. The number of rotatable bonds is 0. The van der Waals surface area contributed by atoms with Crippen molar-refractivity contribution in [3.05, 3.63) is 47.5 Å². The molecule has 1 aromatic rings. The van der Waals surface area contributed by atoms with Crippen LogP contribution in [0.1, 0.15) is 11.1 Å². The number of hydrogen-bond donors (Lipinski definition) is 0. The van der Waals surface area contributed by atoms with E-state index in [1.165, 1.54) is 12.2 Å². The van der Waals surface area contributed by atoms with E-state index >= 15 is 0 Å². The second kappa shape index (κ2) is 2.93. The zero-order chi connectivity index (χ0) is 11.6. The number of hydrogen-bond acceptors (Lipinski definition) is 2. The average Bonchev–Trinajstić information content (AvgIpc) is 2.31. The molecule has 2 atom stereocenters. The zero-order valence-electron chi connectivity index (χ0n) is 8.04. The smallest absolute Gasteiger partial charge is 0.179 e. The van der Waals surface area contributed by atoms with Crippen molar-refractivity contribution in [1.82, 2.24) is 0 Å². The number of ketones is 2. The fraction of sp³-hybridized carbons (Fsp3) is 0.167. The van der Waals surface area contributed by atoms with Gasteiger partial charge in [0.25, 0.3) is 0 Å². The van der Waals surface area contributed by atoms with E-state index in [2.05, 4.69) is 31.9 Å². The monoisotopic (exact) mass is 340 g/mol. The van der Waals surface area contributed by atoms with Gasteiger partial charge in [0, 0.05) is 0 Å². The highest BCUT2D eigenvalue weighted by Gasteiger charge is 2.68. The van der Waals surface area contributed by atoms with Crippen molar-refractivity contribution in [1.29, 1.82) is 0 Å². The molecule has 1 aromatic carbocycles. The Kier molecular flexibility index (Phi) is 1.91. The van der Waals surface area contributed by atoms with E-state index in [9.17, 15) is 9.59 Å². The van der Waals surface area contributed by atoms with Crippen molar-refractivity contribution in [2.75, 3.05) is 0 Å². The molecule has 0 radical (unpaired) electrons. The van der Waals surface area contributed by atoms with Crippen LogP contribution in [-0.4, -0.2) is 11.6 Å². The van der Waals surface area contributed by atoms with E-state index in [4.69, 9.17) is 0 Å². The van der Waals surface area contributed by atoms with Gasteiger partial charge >= 0.3 is 0 Å². The predicted octanol–water partition coefficient (Wildman–Crippen LogP) is 2.59. The second-order valence-electron chi connectivity index (χ2n) is 3.92. The molecule has 0 aromatic heterocycles. The van der Waals surface area contributed by atoms with Gasteiger partial charge in [0.2, 0.25) is 0 Å². The molecule has 0 saturated heterocycles. The third-order valence-corrected chi connectivity index (χ3v) is 6.57. The van der Waals surface area contributed by atoms with Crippen LogP contribution in [0.2, 0.25) is 0 Å². The lowest BCUT2D eigenvalue weighted by Gasteiger charge is -2.52. The number of allylic oxidation sites excluding steroid dienone is 2. The van der Waals surface area contributed by atoms with Gasteiger partial charge < -0.3 is 0 Å². The fourth-order valence-electron chi connectivity index (χ4n) is 2.38. The highest BCUT2D eigenvalue weighted by atomic mass is 79.9. The minimum absolute atomic E-state index is 0.0947. The Hall–Kier alpha value is -0.740. The molecule has 0 spiro atoms. The molecule has 2 aliphatic carbocycles. The molecule has 80 valence electrons. The lowest BCUT2D eigenvalue weighted by molar-refractivity contribution is -0.127. The van der Waals surface area contributed by atoms with E-state index in [0.29, 0.717) is 0 Å². The standard InChI is InChI=1S/C12H6Br2O2/c13-11-7-3-1-2-4-8(7)12(11,14)10(16)6-5-9(11)15/h1-6H. The maximum atomic E-state index is 12.0. The average molecular weight is 342 g/mol. The third kappa shape index (κ3) is 0.856. The van der Waals surface area contributed by atoms with Crippen LogP contribution in [0.4, 0.5) is 0 Å². The van der Waals surface area contributed by atoms with Crippen LogP contribution in [0.5, 0.6) is 0 Å². The molecule has 2 nitrogen and oxygen atoms in total. The SMILES string of the molecule is O=C1C=CC(=O)C2(Br)c3ccccc3C12Br. The molecular formula is C12H6Br2O2. The largest absolute Gasteiger partial charge is 0.293 e. The first-order valence-electron chi connectivity index (χ1n) is 4.77. The van der Waals surface area contributed by atoms with Gasteiger partial charge in [0.1, 0.15) is 8.65 Å². The van der Waals surface area contributed by atoms with Crippen LogP contribution in [0.15, 0.2) is 36.4 Å². The molecule has 0 heterocycles. The predicted molar refractivity (Wildman–Crippen MR) is 66.8 cm³/mol. The molecule has 16 heavy (non-hydrogen) atoms. The minimum atomic E-state index is -0.928. The first-order valence-corrected chi connectivity index (χ1v) is 6.36. The summed E-state index contributed by atoms with van der Waals surface area (Å²) in [4.78, 5) is 24.0. The first kappa shape index (κ1) is 10.4. The highest BCUT2D eigenvalue weighted by Crippen LogP contribution is 2.65. The molecule has 0 N–H and O–H groups in total. The van der Waals surface area contributed by atoms with Crippen molar-refractivity contribution >= 4 is 43.4 Å². The van der Waals surface area contributed by atoms with Gasteiger partial charge in [-0.3, -0.25) is 9.59 Å². The Morgan fingerprint density at radius 1 is 0.812 bits per heavy atom. The fourth-order valence-corrected chi connectivity index (χ4v) is 4.15. The van der Waals surface area contributed by atoms with Crippen LogP contribution < -0.4 is 0 Å². The maximum absolute atomic E-state index is 12.0. The molecule has 0 bridgehead atoms. The normalized spacial score (nSPS) is 35.4. The van der Waals surface area contributed by atoms with E-state index in [0.717, 1.165) is 11.1 Å². The number of alkyl halides is 2. The van der Waals surface area contributed by atoms with Crippen LogP contribution in [0.25, 0.3) is 0 Å². The van der Waals surface area contributed by atoms with Gasteiger partial charge in [-0.25, -0.2) is 0 Å². The van der Waals surface area contributed by atoms with Crippen LogP contribution in [0, 0.1) is 0 Å². The van der Waals surface area contributed by atoms with Crippen LogP contribution >= 0.6 is 31.9 Å². The maximum Gasteiger partial charge on any atom is 0.179 e. The summed E-state index contributed by atoms with van der Waals surface area (Å²) in [5.41, 5.74) is 1.74. The number of benzene rings is 1. The minimum Gasteiger partial charge on any atom is -0.293 e. The molecule has 2 aliphatic rings. The van der Waals surface area contributed by atoms with Gasteiger partial charge in [0.15, 0.2) is 11.6 Å². The van der Waals surface area contributed by atoms with Gasteiger partial charge in [-0.05, 0) is 23.3 Å². The molecule has 3 rings (SSSR count). The topological polar surface area (TPSA) is 34.1 Å². The molecule has 0 saturated carbocycles. The summed E-state index contributed by atoms with van der Waals surface area (Å²) < 4.78 is -1.86. The van der Waals surface area contributed by atoms with Crippen molar-refractivity contribution in [3.8, 4) is 0 Å².